The van der Waals surface area contributed by atoms with Crippen molar-refractivity contribution in [2.24, 2.45) is 0 Å². The monoisotopic (exact) mass is 1110 g/mol. The van der Waals surface area contributed by atoms with Gasteiger partial charge in [-0.1, -0.05) is 192 Å². The summed E-state index contributed by atoms with van der Waals surface area (Å²) in [4.78, 5) is 5.10. The number of ether oxygens (including phenoxy) is 4. The molecule has 0 N–H and O–H groups in total. The molecule has 0 aliphatic carbocycles. The molecule has 0 aromatic heterocycles. The van der Waals surface area contributed by atoms with E-state index in [2.05, 4.69) is 275 Å². The van der Waals surface area contributed by atoms with E-state index in [9.17, 15) is 0 Å². The first-order valence-electron chi connectivity index (χ1n) is 30.1. The Morgan fingerprint density at radius 1 is 0.274 bits per heavy atom. The first kappa shape index (κ1) is 55.1. The largest absolute Gasteiger partial charge is 0.457 e. The molecule has 0 saturated heterocycles. The summed E-state index contributed by atoms with van der Waals surface area (Å²) in [6, 6.07) is 65.8. The van der Waals surface area contributed by atoms with E-state index in [0.29, 0.717) is 0 Å². The summed E-state index contributed by atoms with van der Waals surface area (Å²) >= 11 is 0. The Morgan fingerprint density at radius 3 is 0.714 bits per heavy atom. The lowest BCUT2D eigenvalue weighted by atomic mass is 9.81. The molecule has 11 aromatic carbocycles. The minimum atomic E-state index is -0.0310. The fraction of sp³-hybridized carbons (Fsp3) is 0.282. The second-order valence-electron chi connectivity index (χ2n) is 27.9. The Balaban J connectivity index is 1.16. The van der Waals surface area contributed by atoms with Gasteiger partial charge in [0.05, 0.1) is 0 Å². The zero-order chi connectivity index (χ0) is 58.5. The fourth-order valence-corrected chi connectivity index (χ4v) is 12.9. The summed E-state index contributed by atoms with van der Waals surface area (Å²) in [6.07, 6.45) is 0. The zero-order valence-electron chi connectivity index (χ0n) is 51.1. The van der Waals surface area contributed by atoms with Gasteiger partial charge in [0.25, 0.3) is 0 Å². The Bertz CT molecular complexity index is 3730. The molecule has 11 aromatic rings. The van der Waals surface area contributed by atoms with Gasteiger partial charge in [0.1, 0.15) is 46.0 Å². The van der Waals surface area contributed by atoms with Gasteiger partial charge >= 0.3 is 0 Å². The molecule has 2 heterocycles. The van der Waals surface area contributed by atoms with E-state index in [1.54, 1.807) is 0 Å². The number of benzene rings is 11. The molecule has 0 amide bonds. The van der Waals surface area contributed by atoms with Crippen molar-refractivity contribution in [3.8, 4) is 46.0 Å². The normalized spacial score (nSPS) is 14.2. The molecule has 13 rings (SSSR count). The summed E-state index contributed by atoms with van der Waals surface area (Å²) < 4.78 is 30.1. The Hall–Kier alpha value is -8.16. The third kappa shape index (κ3) is 10.6. The molecule has 0 bridgehead atoms. The van der Waals surface area contributed by atoms with Crippen LogP contribution in [0.25, 0.3) is 43.1 Å². The SMILES string of the molecule is CC(C)(C)c1ccc(Oc2cc3c4c(cc(Oc5ccc(C(C)(C)C)cc5)c5c6c(Oc7ccc(C(C)(C)C)cc7)cc7c8c(cc(Oc9ccc(C(C)(C)C)cc9)c(c2c45)c86)CN(Cc2ccccc2)C7)CN(Cc2ccccc2)C3)cc1. The van der Waals surface area contributed by atoms with E-state index in [4.69, 9.17) is 18.9 Å². The Morgan fingerprint density at radius 2 is 0.500 bits per heavy atom. The molecule has 2 aliphatic rings. The third-order valence-corrected chi connectivity index (χ3v) is 17.4. The lowest BCUT2D eigenvalue weighted by molar-refractivity contribution is 0.243. The van der Waals surface area contributed by atoms with Crippen LogP contribution in [0.3, 0.4) is 0 Å². The van der Waals surface area contributed by atoms with E-state index in [-0.39, 0.29) is 21.7 Å². The Labute approximate surface area is 496 Å². The van der Waals surface area contributed by atoms with Crippen molar-refractivity contribution in [1.29, 1.82) is 0 Å². The average Bonchev–Trinajstić information content (AvgIpc) is 0.698. The predicted molar refractivity (Wildman–Crippen MR) is 347 cm³/mol. The highest BCUT2D eigenvalue weighted by atomic mass is 16.5. The maximum absolute atomic E-state index is 7.53. The molecule has 2 aliphatic heterocycles. The van der Waals surface area contributed by atoms with Crippen LogP contribution in [0.1, 0.15) is 139 Å². The molecular formula is C78H78N2O4. The maximum Gasteiger partial charge on any atom is 0.136 e. The highest BCUT2D eigenvalue weighted by Crippen LogP contribution is 2.58. The third-order valence-electron chi connectivity index (χ3n) is 17.4. The Kier molecular flexibility index (Phi) is 13.7. The van der Waals surface area contributed by atoms with Crippen LogP contribution in [0.4, 0.5) is 0 Å². The standard InChI is InChI=1S/C78H78N2O4/c1-75(2,3)55-23-31-59(32-24-55)81-63-39-51-45-79(43-49-19-15-13-16-20-49)46-52-41-65(83-61-35-27-57(28-36-61)77(7,8)9)71-72-66(84-62-37-29-58(30-38-62)78(10,11)12)42-54-48-80(44-50-21-17-14-18-22-50)47-53-40-64(82-60-33-25-56(26-34-60)76(4,5)6)70(74(72)68(53)54)69(63)73(71)67(51)52/h13-42H,43-48H2,1-12H3. The van der Waals surface area contributed by atoms with Crippen LogP contribution < -0.4 is 18.9 Å². The second-order valence-corrected chi connectivity index (χ2v) is 27.9. The topological polar surface area (TPSA) is 43.4 Å². The quantitative estimate of drug-likeness (QED) is 0.0897. The maximum atomic E-state index is 7.53. The van der Waals surface area contributed by atoms with Crippen LogP contribution in [-0.4, -0.2) is 9.80 Å². The molecule has 0 spiro atoms. The molecule has 6 heteroatoms. The van der Waals surface area contributed by atoms with Crippen LogP contribution in [0, 0.1) is 0 Å². The minimum Gasteiger partial charge on any atom is -0.457 e. The van der Waals surface area contributed by atoms with Crippen molar-refractivity contribution < 1.29 is 18.9 Å². The summed E-state index contributed by atoms with van der Waals surface area (Å²) in [5.74, 6) is 6.13. The van der Waals surface area contributed by atoms with Crippen molar-refractivity contribution in [3.05, 3.63) is 238 Å². The molecule has 0 saturated carbocycles. The number of fused-ring (bicyclic) bond motifs is 2. The van der Waals surface area contributed by atoms with Gasteiger partial charge in [0, 0.05) is 71.6 Å². The van der Waals surface area contributed by atoms with Crippen LogP contribution in [0.5, 0.6) is 46.0 Å². The van der Waals surface area contributed by atoms with E-state index >= 15 is 0 Å². The van der Waals surface area contributed by atoms with Crippen molar-refractivity contribution in [2.45, 2.75) is 144 Å². The average molecular weight is 1110 g/mol. The lowest BCUT2D eigenvalue weighted by Gasteiger charge is -2.34. The smallest absolute Gasteiger partial charge is 0.136 e. The highest BCUT2D eigenvalue weighted by Gasteiger charge is 2.34. The second kappa shape index (κ2) is 20.9. The van der Waals surface area contributed by atoms with Crippen molar-refractivity contribution in [1.82, 2.24) is 9.80 Å². The first-order valence-corrected chi connectivity index (χ1v) is 30.1. The van der Waals surface area contributed by atoms with Crippen LogP contribution >= 0.6 is 0 Å². The summed E-state index contributed by atoms with van der Waals surface area (Å²) in [6.45, 7) is 31.5. The van der Waals surface area contributed by atoms with Gasteiger partial charge in [-0.05, 0) is 161 Å². The molecule has 0 fully saturated rings. The number of rotatable bonds is 12. The summed E-state index contributed by atoms with van der Waals surface area (Å²) in [5, 5.41) is 8.52. The highest BCUT2D eigenvalue weighted by molar-refractivity contribution is 6.39. The molecule has 0 atom stereocenters. The summed E-state index contributed by atoms with van der Waals surface area (Å²) in [7, 11) is 0. The van der Waals surface area contributed by atoms with Crippen LogP contribution in [0.2, 0.25) is 0 Å². The van der Waals surface area contributed by atoms with Crippen LogP contribution in [-0.2, 0) is 60.9 Å². The molecule has 424 valence electrons. The van der Waals surface area contributed by atoms with Crippen LogP contribution in [0.15, 0.2) is 182 Å². The minimum absolute atomic E-state index is 0.0310. The van der Waals surface area contributed by atoms with Crippen molar-refractivity contribution in [2.75, 3.05) is 0 Å². The molecule has 0 unspecified atom stereocenters. The summed E-state index contributed by atoms with van der Waals surface area (Å²) in [5.41, 5.74) is 12.2. The molecule has 0 radical (unpaired) electrons. The van der Waals surface area contributed by atoms with E-state index < -0.39 is 0 Å². The van der Waals surface area contributed by atoms with Crippen molar-refractivity contribution >= 4 is 43.1 Å². The van der Waals surface area contributed by atoms with E-state index in [1.807, 2.05) is 0 Å². The number of nitrogens with zero attached hydrogens (tertiary/aromatic N) is 2. The predicted octanol–water partition coefficient (Wildman–Crippen LogP) is 21.1. The van der Waals surface area contributed by atoms with Gasteiger partial charge in [-0.2, -0.15) is 0 Å². The first-order chi connectivity index (χ1) is 40.1. The van der Waals surface area contributed by atoms with Gasteiger partial charge in [-0.3, -0.25) is 9.80 Å². The van der Waals surface area contributed by atoms with E-state index in [0.717, 1.165) is 118 Å². The van der Waals surface area contributed by atoms with Gasteiger partial charge in [0.15, 0.2) is 0 Å². The van der Waals surface area contributed by atoms with Gasteiger partial charge in [0.2, 0.25) is 0 Å². The number of hydrogen-bond donors (Lipinski definition) is 0. The van der Waals surface area contributed by atoms with Crippen molar-refractivity contribution in [3.63, 3.8) is 0 Å². The lowest BCUT2D eigenvalue weighted by Crippen LogP contribution is -2.26. The zero-order valence-corrected chi connectivity index (χ0v) is 51.1. The molecule has 84 heavy (non-hydrogen) atoms. The van der Waals surface area contributed by atoms with Gasteiger partial charge in [-0.15, -0.1) is 0 Å². The molecular weight excluding hydrogens is 1030 g/mol. The fourth-order valence-electron chi connectivity index (χ4n) is 12.9. The van der Waals surface area contributed by atoms with Gasteiger partial charge < -0.3 is 18.9 Å². The number of hydrogen-bond acceptors (Lipinski definition) is 6. The van der Waals surface area contributed by atoms with Gasteiger partial charge in [-0.25, -0.2) is 0 Å². The molecule has 6 nitrogen and oxygen atoms in total. The van der Waals surface area contributed by atoms with E-state index in [1.165, 1.54) is 66.4 Å².